The van der Waals surface area contributed by atoms with Gasteiger partial charge in [0.15, 0.2) is 6.61 Å². The molecule has 0 aromatic heterocycles. The molecule has 1 aromatic carbocycles. The van der Waals surface area contributed by atoms with E-state index in [1.54, 1.807) is 25.2 Å². The van der Waals surface area contributed by atoms with Gasteiger partial charge in [0, 0.05) is 25.3 Å². The topological polar surface area (TPSA) is 103 Å². The zero-order chi connectivity index (χ0) is 16.4. The Morgan fingerprint density at radius 2 is 2.30 bits per heavy atom. The van der Waals surface area contributed by atoms with E-state index < -0.39 is 12.1 Å². The number of carbonyl (C=O) groups excluding carboxylic acids is 2. The number of hydrogen-bond acceptors (Lipinski definition) is 5. The lowest BCUT2D eigenvalue weighted by atomic mass is 10.0. The number of nitrogens with zero attached hydrogens (tertiary/aromatic N) is 1. The quantitative estimate of drug-likeness (QED) is 0.609. The molecule has 0 spiro atoms. The predicted molar refractivity (Wildman–Crippen MR) is 84.8 cm³/mol. The highest BCUT2D eigenvalue weighted by atomic mass is 16.5. The van der Waals surface area contributed by atoms with Gasteiger partial charge in [-0.1, -0.05) is 0 Å². The van der Waals surface area contributed by atoms with Crippen molar-refractivity contribution in [3.05, 3.63) is 18.2 Å². The molecule has 23 heavy (non-hydrogen) atoms. The molecule has 8 nitrogen and oxygen atoms in total. The molecule has 0 aliphatic carbocycles. The Hall–Kier alpha value is -2.32. The number of hydrogen-bond donors (Lipinski definition) is 4. The lowest BCUT2D eigenvalue weighted by Crippen LogP contribution is -2.54. The van der Waals surface area contributed by atoms with E-state index in [4.69, 9.17) is 4.74 Å². The molecular formula is C15H20N4O4. The highest BCUT2D eigenvalue weighted by molar-refractivity contribution is 5.98. The first-order valence-electron chi connectivity index (χ1n) is 7.54. The number of urea groups is 1. The molecule has 2 aliphatic heterocycles. The average molecular weight is 320 g/mol. The smallest absolute Gasteiger partial charge is 0.319 e. The van der Waals surface area contributed by atoms with Crippen LogP contribution in [0.1, 0.15) is 6.42 Å². The monoisotopic (exact) mass is 320 g/mol. The van der Waals surface area contributed by atoms with Gasteiger partial charge in [-0.25, -0.2) is 4.79 Å². The largest absolute Gasteiger partial charge is 0.481 e. The normalized spacial score (nSPS) is 23.7. The van der Waals surface area contributed by atoms with Crippen LogP contribution >= 0.6 is 0 Å². The van der Waals surface area contributed by atoms with E-state index in [-0.39, 0.29) is 18.6 Å². The predicted octanol–water partition coefficient (Wildman–Crippen LogP) is -0.114. The maximum absolute atomic E-state index is 12.0. The second-order valence-electron chi connectivity index (χ2n) is 5.69. The van der Waals surface area contributed by atoms with Gasteiger partial charge in [0.2, 0.25) is 0 Å². The van der Waals surface area contributed by atoms with Gasteiger partial charge in [0.1, 0.15) is 5.75 Å². The number of fused-ring (bicyclic) bond motifs is 1. The summed E-state index contributed by atoms with van der Waals surface area (Å²) < 4.78 is 5.38. The van der Waals surface area contributed by atoms with Crippen molar-refractivity contribution >= 4 is 23.3 Å². The van der Waals surface area contributed by atoms with Crippen molar-refractivity contribution in [2.75, 3.05) is 37.0 Å². The van der Waals surface area contributed by atoms with Crippen molar-refractivity contribution < 1.29 is 19.4 Å². The minimum atomic E-state index is -0.548. The fourth-order valence-corrected chi connectivity index (χ4v) is 2.68. The van der Waals surface area contributed by atoms with E-state index in [2.05, 4.69) is 16.0 Å². The molecule has 2 heterocycles. The van der Waals surface area contributed by atoms with Gasteiger partial charge in [-0.05, 0) is 25.1 Å². The molecule has 0 bridgehead atoms. The first kappa shape index (κ1) is 15.6. The van der Waals surface area contributed by atoms with E-state index in [0.29, 0.717) is 30.1 Å². The van der Waals surface area contributed by atoms with Crippen LogP contribution in [-0.2, 0) is 4.79 Å². The van der Waals surface area contributed by atoms with Crippen molar-refractivity contribution in [1.29, 1.82) is 0 Å². The van der Waals surface area contributed by atoms with Crippen molar-refractivity contribution in [3.8, 4) is 5.75 Å². The number of likely N-dealkylation sites (N-methyl/N-ethyl adjacent to an activating group) is 1. The number of piperidine rings is 1. The molecule has 2 atom stereocenters. The molecule has 1 fully saturated rings. The zero-order valence-corrected chi connectivity index (χ0v) is 12.8. The Morgan fingerprint density at radius 3 is 3.09 bits per heavy atom. The lowest BCUT2D eigenvalue weighted by Gasteiger charge is -2.29. The molecule has 3 rings (SSSR count). The number of anilines is 2. The molecule has 124 valence electrons. The summed E-state index contributed by atoms with van der Waals surface area (Å²) in [6.07, 6.45) is 0.0615. The van der Waals surface area contributed by atoms with Gasteiger partial charge >= 0.3 is 6.03 Å². The van der Waals surface area contributed by atoms with Crippen molar-refractivity contribution in [3.63, 3.8) is 0 Å². The van der Waals surface area contributed by atoms with Gasteiger partial charge in [0.25, 0.3) is 5.91 Å². The van der Waals surface area contributed by atoms with Gasteiger partial charge < -0.3 is 30.7 Å². The van der Waals surface area contributed by atoms with Crippen LogP contribution in [0.3, 0.4) is 0 Å². The average Bonchev–Trinajstić information content (AvgIpc) is 2.53. The summed E-state index contributed by atoms with van der Waals surface area (Å²) in [5.41, 5.74) is 1.22. The first-order chi connectivity index (χ1) is 11.0. The fourth-order valence-electron chi connectivity index (χ4n) is 2.68. The Balaban J connectivity index is 1.64. The second-order valence-corrected chi connectivity index (χ2v) is 5.69. The van der Waals surface area contributed by atoms with Crippen LogP contribution < -0.4 is 25.6 Å². The third-order valence-corrected chi connectivity index (χ3v) is 4.07. The van der Waals surface area contributed by atoms with Crippen LogP contribution in [-0.4, -0.2) is 55.9 Å². The molecular weight excluding hydrogens is 300 g/mol. The fraction of sp³-hybridized carbons (Fsp3) is 0.467. The standard InChI is InChI=1S/C15H20N4O4/c1-19-11-3-2-9(6-13(11)23-8-14(19)21)17-15(22)18-10-7-16-5-4-12(10)20/h2-3,6,10,12,16,20H,4-5,7-8H2,1H3,(H2,17,18,22)/t10-,12-/m1/s1. The first-order valence-corrected chi connectivity index (χ1v) is 7.54. The van der Waals surface area contributed by atoms with Crippen LogP contribution in [0, 0.1) is 0 Å². The summed E-state index contributed by atoms with van der Waals surface area (Å²) in [5.74, 6) is 0.430. The molecule has 8 heteroatoms. The number of aliphatic hydroxyl groups is 1. The van der Waals surface area contributed by atoms with E-state index >= 15 is 0 Å². The molecule has 1 saturated heterocycles. The molecule has 1 aromatic rings. The minimum absolute atomic E-state index is 0.0148. The van der Waals surface area contributed by atoms with E-state index in [0.717, 1.165) is 6.54 Å². The number of ether oxygens (including phenoxy) is 1. The molecule has 0 radical (unpaired) electrons. The van der Waals surface area contributed by atoms with E-state index in [1.165, 1.54) is 4.90 Å². The Kier molecular flexibility index (Phi) is 4.35. The third-order valence-electron chi connectivity index (χ3n) is 4.07. The molecule has 3 amide bonds. The SMILES string of the molecule is CN1C(=O)COc2cc(NC(=O)N[C@@H]3CNCC[C@H]3O)ccc21. The van der Waals surface area contributed by atoms with Gasteiger partial charge in [0.05, 0.1) is 17.8 Å². The van der Waals surface area contributed by atoms with Crippen molar-refractivity contribution in [1.82, 2.24) is 10.6 Å². The van der Waals surface area contributed by atoms with Gasteiger partial charge in [-0.2, -0.15) is 0 Å². The summed E-state index contributed by atoms with van der Waals surface area (Å²) in [7, 11) is 1.68. The Labute approximate surface area is 133 Å². The lowest BCUT2D eigenvalue weighted by molar-refractivity contribution is -0.120. The maximum Gasteiger partial charge on any atom is 0.319 e. The molecule has 4 N–H and O–H groups in total. The number of aliphatic hydroxyl groups excluding tert-OH is 1. The minimum Gasteiger partial charge on any atom is -0.481 e. The summed E-state index contributed by atoms with van der Waals surface area (Å²) in [4.78, 5) is 25.1. The zero-order valence-electron chi connectivity index (χ0n) is 12.8. The van der Waals surface area contributed by atoms with Crippen LogP contribution in [0.5, 0.6) is 5.75 Å². The molecule has 0 unspecified atom stereocenters. The van der Waals surface area contributed by atoms with Gasteiger partial charge in [-0.3, -0.25) is 4.79 Å². The summed E-state index contributed by atoms with van der Waals surface area (Å²) in [6.45, 7) is 1.27. The van der Waals surface area contributed by atoms with Crippen LogP contribution in [0.25, 0.3) is 0 Å². The number of benzene rings is 1. The highest BCUT2D eigenvalue weighted by Gasteiger charge is 2.25. The van der Waals surface area contributed by atoms with Crippen molar-refractivity contribution in [2.45, 2.75) is 18.6 Å². The van der Waals surface area contributed by atoms with E-state index in [9.17, 15) is 14.7 Å². The summed E-state index contributed by atoms with van der Waals surface area (Å²) in [6, 6.07) is 4.39. The number of nitrogens with one attached hydrogen (secondary N) is 3. The van der Waals surface area contributed by atoms with Crippen LogP contribution in [0.2, 0.25) is 0 Å². The van der Waals surface area contributed by atoms with Crippen molar-refractivity contribution in [2.24, 2.45) is 0 Å². The number of rotatable bonds is 2. The number of amides is 3. The van der Waals surface area contributed by atoms with E-state index in [1.807, 2.05) is 0 Å². The van der Waals surface area contributed by atoms with Gasteiger partial charge in [-0.15, -0.1) is 0 Å². The highest BCUT2D eigenvalue weighted by Crippen LogP contribution is 2.33. The van der Waals surface area contributed by atoms with Crippen LogP contribution in [0.4, 0.5) is 16.2 Å². The second kappa shape index (κ2) is 6.43. The Morgan fingerprint density at radius 1 is 1.48 bits per heavy atom. The maximum atomic E-state index is 12.0. The summed E-state index contributed by atoms with van der Waals surface area (Å²) >= 11 is 0. The molecule has 0 saturated carbocycles. The number of carbonyl (C=O) groups is 2. The third kappa shape index (κ3) is 3.38. The van der Waals surface area contributed by atoms with Crippen LogP contribution in [0.15, 0.2) is 18.2 Å². The Bertz CT molecular complexity index is 621. The molecule has 2 aliphatic rings. The summed E-state index contributed by atoms with van der Waals surface area (Å²) in [5, 5.41) is 18.4.